The molecule has 22 heavy (non-hydrogen) atoms. The van der Waals surface area contributed by atoms with E-state index in [1.54, 1.807) is 24.3 Å². The van der Waals surface area contributed by atoms with Crippen LogP contribution in [-0.2, 0) is 10.3 Å². The summed E-state index contributed by atoms with van der Waals surface area (Å²) in [6, 6.07) is 3.94. The zero-order chi connectivity index (χ0) is 15.4. The Hall–Kier alpha value is -1.95. The standard InChI is InChI=1S/C16H19N3O2S/c1-12-17-15(19-21-12)16(9-3-2-4-10-16)18-14(20)8-7-13-6-5-11-22-13/h5-8,11H,2-4,9-10H2,1H3,(H,18,20)/b8-7+. The van der Waals surface area contributed by atoms with Gasteiger partial charge in [-0.05, 0) is 30.4 Å². The molecule has 116 valence electrons. The van der Waals surface area contributed by atoms with Gasteiger partial charge in [0.15, 0.2) is 5.82 Å². The number of nitrogens with one attached hydrogen (secondary N) is 1. The highest BCUT2D eigenvalue weighted by molar-refractivity contribution is 7.10. The van der Waals surface area contributed by atoms with Crippen LogP contribution >= 0.6 is 11.3 Å². The Labute approximate surface area is 133 Å². The van der Waals surface area contributed by atoms with Crippen molar-refractivity contribution in [2.24, 2.45) is 0 Å². The zero-order valence-corrected chi connectivity index (χ0v) is 13.4. The van der Waals surface area contributed by atoms with Crippen molar-refractivity contribution in [3.05, 3.63) is 40.2 Å². The molecule has 5 nitrogen and oxygen atoms in total. The van der Waals surface area contributed by atoms with E-state index in [9.17, 15) is 4.79 Å². The Bertz CT molecular complexity index is 655. The van der Waals surface area contributed by atoms with E-state index in [1.165, 1.54) is 6.42 Å². The normalized spacial score (nSPS) is 17.7. The van der Waals surface area contributed by atoms with Crippen LogP contribution in [-0.4, -0.2) is 16.0 Å². The minimum absolute atomic E-state index is 0.113. The van der Waals surface area contributed by atoms with Crippen LogP contribution in [0.1, 0.15) is 48.7 Å². The van der Waals surface area contributed by atoms with Gasteiger partial charge < -0.3 is 9.84 Å². The summed E-state index contributed by atoms with van der Waals surface area (Å²) in [6.07, 6.45) is 8.41. The van der Waals surface area contributed by atoms with Gasteiger partial charge in [-0.25, -0.2) is 0 Å². The fourth-order valence-corrected chi connectivity index (χ4v) is 3.49. The van der Waals surface area contributed by atoms with E-state index in [4.69, 9.17) is 4.52 Å². The number of thiophene rings is 1. The van der Waals surface area contributed by atoms with Gasteiger partial charge in [-0.3, -0.25) is 4.79 Å². The molecule has 1 aliphatic rings. The first kappa shape index (κ1) is 15.0. The van der Waals surface area contributed by atoms with Gasteiger partial charge in [-0.2, -0.15) is 4.98 Å². The van der Waals surface area contributed by atoms with Gasteiger partial charge in [0.25, 0.3) is 0 Å². The molecule has 0 atom stereocenters. The summed E-state index contributed by atoms with van der Waals surface area (Å²) in [5, 5.41) is 9.16. The third kappa shape index (κ3) is 3.27. The molecule has 0 saturated heterocycles. The summed E-state index contributed by atoms with van der Waals surface area (Å²) in [7, 11) is 0. The summed E-state index contributed by atoms with van der Waals surface area (Å²) in [5.74, 6) is 1.02. The van der Waals surface area contributed by atoms with Crippen LogP contribution in [0.4, 0.5) is 0 Å². The molecule has 1 fully saturated rings. The van der Waals surface area contributed by atoms with Crippen molar-refractivity contribution in [3.63, 3.8) is 0 Å². The van der Waals surface area contributed by atoms with Crippen molar-refractivity contribution in [1.82, 2.24) is 15.5 Å². The molecule has 0 radical (unpaired) electrons. The van der Waals surface area contributed by atoms with Crippen molar-refractivity contribution in [2.75, 3.05) is 0 Å². The predicted octanol–water partition coefficient (Wildman–Crippen LogP) is 3.43. The van der Waals surface area contributed by atoms with Crippen molar-refractivity contribution >= 4 is 23.3 Å². The molecule has 0 unspecified atom stereocenters. The highest BCUT2D eigenvalue weighted by atomic mass is 32.1. The van der Waals surface area contributed by atoms with Crippen LogP contribution in [0.5, 0.6) is 0 Å². The topological polar surface area (TPSA) is 68.0 Å². The molecule has 2 aromatic rings. The second kappa shape index (κ2) is 6.44. The third-order valence-corrected chi connectivity index (χ3v) is 4.80. The number of aromatic nitrogens is 2. The number of amides is 1. The molecule has 0 aromatic carbocycles. The first-order valence-corrected chi connectivity index (χ1v) is 8.40. The first-order valence-electron chi connectivity index (χ1n) is 7.52. The van der Waals surface area contributed by atoms with E-state index in [0.29, 0.717) is 11.7 Å². The SMILES string of the molecule is Cc1nc(C2(NC(=O)/C=C/c3cccs3)CCCCC2)no1. The second-order valence-electron chi connectivity index (χ2n) is 5.62. The Morgan fingerprint density at radius 3 is 2.86 bits per heavy atom. The Balaban J connectivity index is 1.77. The van der Waals surface area contributed by atoms with E-state index in [1.807, 2.05) is 23.6 Å². The molecule has 0 aliphatic heterocycles. The van der Waals surface area contributed by atoms with Crippen molar-refractivity contribution < 1.29 is 9.32 Å². The maximum Gasteiger partial charge on any atom is 0.244 e. The van der Waals surface area contributed by atoms with Crippen LogP contribution in [0.2, 0.25) is 0 Å². The summed E-state index contributed by atoms with van der Waals surface area (Å²) in [5.41, 5.74) is -0.493. The van der Waals surface area contributed by atoms with E-state index in [-0.39, 0.29) is 5.91 Å². The van der Waals surface area contributed by atoms with Crippen LogP contribution in [0.15, 0.2) is 28.1 Å². The lowest BCUT2D eigenvalue weighted by atomic mass is 9.81. The number of carbonyl (C=O) groups excluding carboxylic acids is 1. The van der Waals surface area contributed by atoms with E-state index >= 15 is 0 Å². The van der Waals surface area contributed by atoms with E-state index < -0.39 is 5.54 Å². The van der Waals surface area contributed by atoms with Gasteiger partial charge in [-0.1, -0.05) is 30.5 Å². The molecule has 2 aromatic heterocycles. The lowest BCUT2D eigenvalue weighted by Gasteiger charge is -2.34. The molecule has 2 heterocycles. The van der Waals surface area contributed by atoms with Crippen LogP contribution in [0, 0.1) is 6.92 Å². The largest absolute Gasteiger partial charge is 0.340 e. The average Bonchev–Trinajstić information content (AvgIpc) is 3.17. The maximum absolute atomic E-state index is 12.3. The first-order chi connectivity index (χ1) is 10.7. The van der Waals surface area contributed by atoms with Gasteiger partial charge in [0.05, 0.1) is 0 Å². The zero-order valence-electron chi connectivity index (χ0n) is 12.5. The molecule has 1 N–H and O–H groups in total. The molecular weight excluding hydrogens is 298 g/mol. The average molecular weight is 317 g/mol. The number of carbonyl (C=O) groups is 1. The fraction of sp³-hybridized carbons (Fsp3) is 0.438. The summed E-state index contributed by atoms with van der Waals surface area (Å²) in [6.45, 7) is 1.77. The molecule has 1 amide bonds. The minimum atomic E-state index is -0.493. The van der Waals surface area contributed by atoms with Crippen molar-refractivity contribution in [1.29, 1.82) is 0 Å². The maximum atomic E-state index is 12.3. The van der Waals surface area contributed by atoms with Gasteiger partial charge >= 0.3 is 0 Å². The van der Waals surface area contributed by atoms with Gasteiger partial charge in [0.2, 0.25) is 11.8 Å². The number of nitrogens with zero attached hydrogens (tertiary/aromatic N) is 2. The molecule has 1 saturated carbocycles. The van der Waals surface area contributed by atoms with Crippen LogP contribution in [0.25, 0.3) is 6.08 Å². The van der Waals surface area contributed by atoms with Crippen molar-refractivity contribution in [3.8, 4) is 0 Å². The van der Waals surface area contributed by atoms with Gasteiger partial charge in [0, 0.05) is 17.9 Å². The summed E-state index contributed by atoms with van der Waals surface area (Å²) in [4.78, 5) is 17.7. The number of hydrogen-bond acceptors (Lipinski definition) is 5. The fourth-order valence-electron chi connectivity index (χ4n) is 2.87. The highest BCUT2D eigenvalue weighted by Gasteiger charge is 2.39. The molecule has 1 aliphatic carbocycles. The van der Waals surface area contributed by atoms with Gasteiger partial charge in [-0.15, -0.1) is 11.3 Å². The lowest BCUT2D eigenvalue weighted by Crippen LogP contribution is -2.47. The molecule has 0 spiro atoms. The van der Waals surface area contributed by atoms with Crippen LogP contribution in [0.3, 0.4) is 0 Å². The number of hydrogen-bond donors (Lipinski definition) is 1. The quantitative estimate of drug-likeness (QED) is 0.877. The third-order valence-electron chi connectivity index (χ3n) is 3.97. The Morgan fingerprint density at radius 2 is 2.23 bits per heavy atom. The molecule has 0 bridgehead atoms. The number of rotatable bonds is 4. The molecular formula is C16H19N3O2S. The Morgan fingerprint density at radius 1 is 1.41 bits per heavy atom. The lowest BCUT2D eigenvalue weighted by molar-refractivity contribution is -0.119. The van der Waals surface area contributed by atoms with Crippen molar-refractivity contribution in [2.45, 2.75) is 44.6 Å². The van der Waals surface area contributed by atoms with E-state index in [2.05, 4.69) is 15.5 Å². The van der Waals surface area contributed by atoms with E-state index in [0.717, 1.165) is 30.6 Å². The molecule has 3 rings (SSSR count). The monoisotopic (exact) mass is 317 g/mol. The second-order valence-corrected chi connectivity index (χ2v) is 6.60. The minimum Gasteiger partial charge on any atom is -0.340 e. The summed E-state index contributed by atoms with van der Waals surface area (Å²) < 4.78 is 5.11. The highest BCUT2D eigenvalue weighted by Crippen LogP contribution is 2.35. The molecule has 6 heteroatoms. The predicted molar refractivity (Wildman–Crippen MR) is 85.3 cm³/mol. The smallest absolute Gasteiger partial charge is 0.244 e. The Kier molecular flexibility index (Phi) is 4.38. The van der Waals surface area contributed by atoms with Gasteiger partial charge in [0.1, 0.15) is 5.54 Å². The summed E-state index contributed by atoms with van der Waals surface area (Å²) >= 11 is 1.60. The number of aryl methyl sites for hydroxylation is 1. The van der Waals surface area contributed by atoms with Crippen LogP contribution < -0.4 is 5.32 Å².